The zero-order valence-corrected chi connectivity index (χ0v) is 17.3. The second-order valence-corrected chi connectivity index (χ2v) is 16.6. The smallest absolute Gasteiger partial charge is 0.346 e. The van der Waals surface area contributed by atoms with Crippen LogP contribution in [0.25, 0.3) is 0 Å². The van der Waals surface area contributed by atoms with E-state index in [-0.39, 0.29) is 0 Å². The molecule has 0 aromatic carbocycles. The Morgan fingerprint density at radius 2 is 1.32 bits per heavy atom. The quantitative estimate of drug-likeness (QED) is 0.685. The lowest BCUT2D eigenvalue weighted by Gasteiger charge is -2.40. The molecule has 5 nitrogen and oxygen atoms in total. The van der Waals surface area contributed by atoms with Crippen molar-refractivity contribution in [1.29, 1.82) is 0 Å². The van der Waals surface area contributed by atoms with Crippen molar-refractivity contribution in [2.75, 3.05) is 13.3 Å². The van der Waals surface area contributed by atoms with Crippen LogP contribution in [0.5, 0.6) is 0 Å². The fourth-order valence-corrected chi connectivity index (χ4v) is 18.5. The molecular formula is C10H28O5Si4. The zero-order chi connectivity index (χ0) is 14.3. The molecule has 0 aromatic heterocycles. The van der Waals surface area contributed by atoms with Crippen LogP contribution in [0.1, 0.15) is 27.7 Å². The lowest BCUT2D eigenvalue weighted by Crippen LogP contribution is -2.58. The average Bonchev–Trinajstić information content (AvgIpc) is 2.41. The molecular weight excluding hydrogens is 312 g/mol. The van der Waals surface area contributed by atoms with Crippen molar-refractivity contribution >= 4 is 36.4 Å². The molecule has 2 unspecified atom stereocenters. The second-order valence-electron chi connectivity index (χ2n) is 4.72. The molecule has 0 N–H and O–H groups in total. The highest BCUT2D eigenvalue weighted by atomic mass is 28.5. The summed E-state index contributed by atoms with van der Waals surface area (Å²) in [5, 5.41) is 0. The first kappa shape index (κ1) is 17.7. The van der Waals surface area contributed by atoms with E-state index in [9.17, 15) is 0 Å². The maximum atomic E-state index is 6.38. The summed E-state index contributed by atoms with van der Waals surface area (Å²) in [5.74, 6) is 0. The summed E-state index contributed by atoms with van der Waals surface area (Å²) in [6.45, 7) is 8.54. The Morgan fingerprint density at radius 3 is 1.63 bits per heavy atom. The van der Waals surface area contributed by atoms with Crippen LogP contribution < -0.4 is 0 Å². The van der Waals surface area contributed by atoms with E-state index in [2.05, 4.69) is 27.7 Å². The first-order valence-corrected chi connectivity index (χ1v) is 14.8. The summed E-state index contributed by atoms with van der Waals surface area (Å²) < 4.78 is 30.5. The fourth-order valence-electron chi connectivity index (χ4n) is 2.04. The lowest BCUT2D eigenvalue weighted by atomic mass is 11.0. The molecule has 0 radical (unpaired) electrons. The topological polar surface area (TPSA) is 46.2 Å². The molecule has 9 heteroatoms. The summed E-state index contributed by atoms with van der Waals surface area (Å²) >= 11 is 0. The fraction of sp³-hybridized carbons (Fsp3) is 1.00. The van der Waals surface area contributed by atoms with E-state index in [1.165, 1.54) is 0 Å². The Balaban J connectivity index is 2.87. The van der Waals surface area contributed by atoms with Crippen molar-refractivity contribution in [2.45, 2.75) is 51.9 Å². The van der Waals surface area contributed by atoms with Crippen LogP contribution in [0, 0.1) is 0 Å². The molecule has 0 spiro atoms. The summed E-state index contributed by atoms with van der Waals surface area (Å²) in [7, 11) is -5.43. The van der Waals surface area contributed by atoms with Crippen molar-refractivity contribution in [1.82, 2.24) is 0 Å². The largest absolute Gasteiger partial charge is 0.420 e. The number of hydrogen-bond acceptors (Lipinski definition) is 5. The Hall–Kier alpha value is 0.668. The minimum atomic E-state index is -2.28. The number of methoxy groups -OCH3 is 1. The summed E-state index contributed by atoms with van der Waals surface area (Å²) in [4.78, 5) is 0. The van der Waals surface area contributed by atoms with Gasteiger partial charge in [0.05, 0.1) is 6.23 Å². The van der Waals surface area contributed by atoms with E-state index >= 15 is 0 Å². The molecule has 0 aliphatic carbocycles. The molecule has 19 heavy (non-hydrogen) atoms. The van der Waals surface area contributed by atoms with Gasteiger partial charge in [-0.15, -0.1) is 0 Å². The third-order valence-electron chi connectivity index (χ3n) is 3.20. The van der Waals surface area contributed by atoms with E-state index in [1.807, 2.05) is 0 Å². The van der Waals surface area contributed by atoms with Crippen LogP contribution >= 0.6 is 0 Å². The van der Waals surface area contributed by atoms with Gasteiger partial charge in [-0.05, 0) is 24.2 Å². The van der Waals surface area contributed by atoms with Gasteiger partial charge in [0.2, 0.25) is 0 Å². The maximum Gasteiger partial charge on any atom is 0.346 e. The van der Waals surface area contributed by atoms with Gasteiger partial charge in [0.1, 0.15) is 0 Å². The molecule has 0 aromatic rings. The van der Waals surface area contributed by atoms with Gasteiger partial charge in [-0.3, -0.25) is 0 Å². The highest BCUT2D eigenvalue weighted by molar-refractivity contribution is 6.82. The molecule has 0 amide bonds. The lowest BCUT2D eigenvalue weighted by molar-refractivity contribution is 0.186. The van der Waals surface area contributed by atoms with Gasteiger partial charge >= 0.3 is 36.4 Å². The standard InChI is InChI=1S/C10H28O5Si4/c1-6-16-12-17(7-2)14-19(9-4,10-11-5)15-18(8-3)13-16/h16-18H,6-10H2,1-5H3. The van der Waals surface area contributed by atoms with E-state index in [0.29, 0.717) is 6.23 Å². The maximum absolute atomic E-state index is 6.38. The van der Waals surface area contributed by atoms with Crippen LogP contribution in [0.2, 0.25) is 24.2 Å². The monoisotopic (exact) mass is 340 g/mol. The zero-order valence-electron chi connectivity index (χ0n) is 12.8. The number of rotatable bonds is 6. The summed E-state index contributed by atoms with van der Waals surface area (Å²) in [6.07, 6.45) is 0.585. The summed E-state index contributed by atoms with van der Waals surface area (Å²) in [5.41, 5.74) is 0. The molecule has 1 rings (SSSR count). The van der Waals surface area contributed by atoms with Crippen molar-refractivity contribution in [2.24, 2.45) is 0 Å². The van der Waals surface area contributed by atoms with Crippen LogP contribution in [0.15, 0.2) is 0 Å². The highest BCUT2D eigenvalue weighted by Gasteiger charge is 2.44. The van der Waals surface area contributed by atoms with Gasteiger partial charge in [0, 0.05) is 7.11 Å². The van der Waals surface area contributed by atoms with Crippen LogP contribution in [0.4, 0.5) is 0 Å². The van der Waals surface area contributed by atoms with Crippen molar-refractivity contribution < 1.29 is 21.2 Å². The average molecular weight is 341 g/mol. The van der Waals surface area contributed by atoms with E-state index in [4.69, 9.17) is 21.2 Å². The van der Waals surface area contributed by atoms with E-state index < -0.39 is 36.4 Å². The molecule has 2 atom stereocenters. The Kier molecular flexibility index (Phi) is 8.25. The van der Waals surface area contributed by atoms with Gasteiger partial charge in [-0.2, -0.15) is 0 Å². The molecule has 1 saturated heterocycles. The SMILES string of the molecule is CC[SiH]1O[SiH](CC)O[Si](CC)(COC)O[SiH](CC)O1. The third-order valence-corrected chi connectivity index (χ3v) is 17.4. The Labute approximate surface area is 123 Å². The molecule has 0 bridgehead atoms. The molecule has 114 valence electrons. The van der Waals surface area contributed by atoms with Crippen LogP contribution in [0.3, 0.4) is 0 Å². The minimum absolute atomic E-state index is 0.585. The Bertz CT molecular complexity index is 242. The first-order valence-electron chi connectivity index (χ1n) is 7.28. The number of hydrogen-bond donors (Lipinski definition) is 0. The first-order chi connectivity index (χ1) is 9.12. The third kappa shape index (κ3) is 5.17. The molecule has 1 heterocycles. The highest BCUT2D eigenvalue weighted by Crippen LogP contribution is 2.23. The van der Waals surface area contributed by atoms with Crippen LogP contribution in [-0.2, 0) is 21.2 Å². The van der Waals surface area contributed by atoms with Gasteiger partial charge in [-0.25, -0.2) is 0 Å². The molecule has 0 saturated carbocycles. The number of ether oxygens (including phenoxy) is 1. The van der Waals surface area contributed by atoms with E-state index in [1.54, 1.807) is 7.11 Å². The van der Waals surface area contributed by atoms with Crippen molar-refractivity contribution in [3.05, 3.63) is 0 Å². The molecule has 1 aliphatic heterocycles. The van der Waals surface area contributed by atoms with Gasteiger partial charge < -0.3 is 21.2 Å². The molecule has 1 aliphatic rings. The minimum Gasteiger partial charge on any atom is -0.420 e. The predicted octanol–water partition coefficient (Wildman–Crippen LogP) is 1.44. The van der Waals surface area contributed by atoms with Gasteiger partial charge in [0.15, 0.2) is 0 Å². The predicted molar refractivity (Wildman–Crippen MR) is 85.3 cm³/mol. The van der Waals surface area contributed by atoms with E-state index in [0.717, 1.165) is 24.2 Å². The van der Waals surface area contributed by atoms with Gasteiger partial charge in [0.25, 0.3) is 0 Å². The van der Waals surface area contributed by atoms with Crippen molar-refractivity contribution in [3.8, 4) is 0 Å². The Morgan fingerprint density at radius 1 is 0.842 bits per heavy atom. The second kappa shape index (κ2) is 8.84. The molecule has 1 fully saturated rings. The van der Waals surface area contributed by atoms with Crippen molar-refractivity contribution in [3.63, 3.8) is 0 Å². The van der Waals surface area contributed by atoms with Gasteiger partial charge in [-0.1, -0.05) is 27.7 Å². The summed E-state index contributed by atoms with van der Waals surface area (Å²) in [6, 6.07) is 3.82. The normalized spacial score (nSPS) is 36.8. The van der Waals surface area contributed by atoms with Crippen LogP contribution in [-0.4, -0.2) is 49.8 Å².